The number of hydrogen-bond donors (Lipinski definition) is 0. The highest BCUT2D eigenvalue weighted by Gasteiger charge is 2.32. The Balaban J connectivity index is 2.19. The second-order valence-corrected chi connectivity index (χ2v) is 8.17. The van der Waals surface area contributed by atoms with E-state index in [1.165, 1.54) is 11.8 Å². The lowest BCUT2D eigenvalue weighted by Crippen LogP contribution is -2.25. The van der Waals surface area contributed by atoms with E-state index in [1.54, 1.807) is 18.7 Å². The highest BCUT2D eigenvalue weighted by Crippen LogP contribution is 2.36. The topological polar surface area (TPSA) is 37.4 Å². The Hall–Kier alpha value is -0.940. The van der Waals surface area contributed by atoms with Gasteiger partial charge in [0, 0.05) is 35.3 Å². The lowest BCUT2D eigenvalue weighted by molar-refractivity contribution is -0.117. The monoisotopic (exact) mass is 309 g/mol. The van der Waals surface area contributed by atoms with E-state index >= 15 is 0 Å². The predicted molar refractivity (Wildman–Crippen MR) is 86.5 cm³/mol. The minimum atomic E-state index is 0.0782. The number of amides is 1. The minimum absolute atomic E-state index is 0.0782. The zero-order chi connectivity index (χ0) is 14.7. The summed E-state index contributed by atoms with van der Waals surface area (Å²) in [5.41, 5.74) is 0.975. The second-order valence-electron chi connectivity index (χ2n) is 5.07. The molecule has 1 heterocycles. The fourth-order valence-electron chi connectivity index (χ4n) is 2.26. The average molecular weight is 309 g/mol. The summed E-state index contributed by atoms with van der Waals surface area (Å²) in [4.78, 5) is 26.3. The van der Waals surface area contributed by atoms with Gasteiger partial charge in [0.05, 0.1) is 5.69 Å². The molecular formula is C15H19NO2S2. The third-order valence-electron chi connectivity index (χ3n) is 2.94. The van der Waals surface area contributed by atoms with Crippen molar-refractivity contribution in [2.45, 2.75) is 42.6 Å². The quantitative estimate of drug-likeness (QED) is 0.797. The van der Waals surface area contributed by atoms with Gasteiger partial charge in [0.15, 0.2) is 5.12 Å². The Bertz CT molecular complexity index is 516. The number of carbonyl (C=O) groups excluding carboxylic acids is 2. The van der Waals surface area contributed by atoms with Crippen molar-refractivity contribution >= 4 is 40.2 Å². The number of para-hydroxylation sites is 1. The van der Waals surface area contributed by atoms with E-state index in [-0.39, 0.29) is 16.3 Å². The first-order valence-corrected chi connectivity index (χ1v) is 8.46. The summed E-state index contributed by atoms with van der Waals surface area (Å²) < 4.78 is 0. The van der Waals surface area contributed by atoms with Gasteiger partial charge < -0.3 is 4.90 Å². The molecule has 0 saturated carbocycles. The van der Waals surface area contributed by atoms with E-state index in [4.69, 9.17) is 0 Å². The highest BCUT2D eigenvalue weighted by molar-refractivity contribution is 8.14. The van der Waals surface area contributed by atoms with Gasteiger partial charge in [-0.05, 0) is 12.1 Å². The van der Waals surface area contributed by atoms with E-state index in [0.717, 1.165) is 10.6 Å². The first-order valence-electron chi connectivity index (χ1n) is 6.70. The molecular weight excluding hydrogens is 290 g/mol. The van der Waals surface area contributed by atoms with Gasteiger partial charge >= 0.3 is 0 Å². The molecule has 0 bridgehead atoms. The van der Waals surface area contributed by atoms with Crippen LogP contribution in [0.25, 0.3) is 0 Å². The smallest absolute Gasteiger partial charge is 0.228 e. The molecule has 0 spiro atoms. The standard InChI is InChI=1S/C15H19NO2S2/c1-10(2)19-14-7-5-4-6-13(14)16-9-12(8-15(16)18)20-11(3)17/h4-7,10,12H,8-9H2,1-3H3. The van der Waals surface area contributed by atoms with E-state index in [1.807, 2.05) is 23.1 Å². The van der Waals surface area contributed by atoms with Crippen molar-refractivity contribution in [3.63, 3.8) is 0 Å². The second kappa shape index (κ2) is 6.68. The van der Waals surface area contributed by atoms with E-state index in [2.05, 4.69) is 19.9 Å². The molecule has 20 heavy (non-hydrogen) atoms. The number of anilines is 1. The molecule has 1 aliphatic rings. The SMILES string of the molecule is CC(=O)SC1CC(=O)N(c2ccccc2SC(C)C)C1. The summed E-state index contributed by atoms with van der Waals surface area (Å²) in [5, 5.41) is 0.628. The van der Waals surface area contributed by atoms with Crippen LogP contribution in [-0.2, 0) is 9.59 Å². The summed E-state index contributed by atoms with van der Waals surface area (Å²) >= 11 is 3.04. The Labute approximate surface area is 128 Å². The predicted octanol–water partition coefficient (Wildman–Crippen LogP) is 3.57. The number of rotatable bonds is 4. The molecule has 0 radical (unpaired) electrons. The molecule has 3 nitrogen and oxygen atoms in total. The molecule has 1 unspecified atom stereocenters. The minimum Gasteiger partial charge on any atom is -0.310 e. The van der Waals surface area contributed by atoms with Crippen LogP contribution in [0.5, 0.6) is 0 Å². The third-order valence-corrected chi connectivity index (χ3v) is 4.99. The third kappa shape index (κ3) is 3.79. The van der Waals surface area contributed by atoms with Gasteiger partial charge in [-0.1, -0.05) is 37.7 Å². The summed E-state index contributed by atoms with van der Waals surface area (Å²) in [5.74, 6) is 0.112. The van der Waals surface area contributed by atoms with Gasteiger partial charge in [0.1, 0.15) is 0 Å². The molecule has 1 fully saturated rings. The average Bonchev–Trinajstić information content (AvgIpc) is 2.69. The van der Waals surface area contributed by atoms with Crippen LogP contribution in [-0.4, -0.2) is 28.1 Å². The maximum atomic E-state index is 12.2. The van der Waals surface area contributed by atoms with Crippen LogP contribution in [0.15, 0.2) is 29.2 Å². The van der Waals surface area contributed by atoms with Gasteiger partial charge in [-0.2, -0.15) is 0 Å². The van der Waals surface area contributed by atoms with Crippen molar-refractivity contribution in [2.75, 3.05) is 11.4 Å². The van der Waals surface area contributed by atoms with Crippen LogP contribution in [0.1, 0.15) is 27.2 Å². The molecule has 1 amide bonds. The Morgan fingerprint density at radius 1 is 1.35 bits per heavy atom. The van der Waals surface area contributed by atoms with Gasteiger partial charge in [0.2, 0.25) is 5.91 Å². The Morgan fingerprint density at radius 2 is 2.05 bits per heavy atom. The number of benzene rings is 1. The van der Waals surface area contributed by atoms with Crippen LogP contribution in [0.4, 0.5) is 5.69 Å². The molecule has 0 aliphatic carbocycles. The lowest BCUT2D eigenvalue weighted by atomic mass is 10.3. The molecule has 1 saturated heterocycles. The van der Waals surface area contributed by atoms with Crippen molar-refractivity contribution in [1.29, 1.82) is 0 Å². The fourth-order valence-corrected chi connectivity index (χ4v) is 4.14. The number of nitrogens with zero attached hydrogens (tertiary/aromatic N) is 1. The highest BCUT2D eigenvalue weighted by atomic mass is 32.2. The maximum absolute atomic E-state index is 12.2. The van der Waals surface area contributed by atoms with Crippen LogP contribution in [0, 0.1) is 0 Å². The summed E-state index contributed by atoms with van der Waals surface area (Å²) in [6.45, 7) is 6.46. The molecule has 0 aromatic heterocycles. The summed E-state index contributed by atoms with van der Waals surface area (Å²) in [7, 11) is 0. The van der Waals surface area contributed by atoms with E-state index < -0.39 is 0 Å². The molecule has 2 rings (SSSR count). The van der Waals surface area contributed by atoms with E-state index in [0.29, 0.717) is 18.2 Å². The van der Waals surface area contributed by atoms with Crippen LogP contribution >= 0.6 is 23.5 Å². The van der Waals surface area contributed by atoms with Gasteiger partial charge in [-0.25, -0.2) is 0 Å². The summed E-state index contributed by atoms with van der Waals surface area (Å²) in [6.07, 6.45) is 0.449. The number of thioether (sulfide) groups is 2. The molecule has 5 heteroatoms. The van der Waals surface area contributed by atoms with Crippen molar-refractivity contribution < 1.29 is 9.59 Å². The van der Waals surface area contributed by atoms with E-state index in [9.17, 15) is 9.59 Å². The van der Waals surface area contributed by atoms with Crippen LogP contribution < -0.4 is 4.90 Å². The summed E-state index contributed by atoms with van der Waals surface area (Å²) in [6, 6.07) is 8.00. The van der Waals surface area contributed by atoms with Crippen molar-refractivity contribution in [3.8, 4) is 0 Å². The Morgan fingerprint density at radius 3 is 2.70 bits per heavy atom. The number of hydrogen-bond acceptors (Lipinski definition) is 4. The molecule has 1 aliphatic heterocycles. The van der Waals surface area contributed by atoms with Crippen molar-refractivity contribution in [3.05, 3.63) is 24.3 Å². The number of carbonyl (C=O) groups is 2. The molecule has 1 atom stereocenters. The molecule has 1 aromatic rings. The fraction of sp³-hybridized carbons (Fsp3) is 0.467. The molecule has 108 valence electrons. The Kier molecular flexibility index (Phi) is 5.16. The normalized spacial score (nSPS) is 18.9. The van der Waals surface area contributed by atoms with Crippen LogP contribution in [0.2, 0.25) is 0 Å². The first kappa shape index (κ1) is 15.4. The zero-order valence-electron chi connectivity index (χ0n) is 12.0. The van der Waals surface area contributed by atoms with Crippen LogP contribution in [0.3, 0.4) is 0 Å². The van der Waals surface area contributed by atoms with Gasteiger partial charge in [0.25, 0.3) is 0 Å². The lowest BCUT2D eigenvalue weighted by Gasteiger charge is -2.20. The zero-order valence-corrected chi connectivity index (χ0v) is 13.6. The first-order chi connectivity index (χ1) is 9.47. The maximum Gasteiger partial charge on any atom is 0.228 e. The van der Waals surface area contributed by atoms with Gasteiger partial charge in [-0.15, -0.1) is 11.8 Å². The molecule has 0 N–H and O–H groups in total. The van der Waals surface area contributed by atoms with Gasteiger partial charge in [-0.3, -0.25) is 9.59 Å². The largest absolute Gasteiger partial charge is 0.310 e. The van der Waals surface area contributed by atoms with Crippen molar-refractivity contribution in [1.82, 2.24) is 0 Å². The van der Waals surface area contributed by atoms with Crippen molar-refractivity contribution in [2.24, 2.45) is 0 Å². The molecule has 1 aromatic carbocycles.